The van der Waals surface area contributed by atoms with Crippen molar-refractivity contribution < 1.29 is 14.3 Å². The number of aryl methyl sites for hydroxylation is 1. The zero-order valence-corrected chi connectivity index (χ0v) is 19.4. The molecule has 0 spiro atoms. The molecule has 2 aromatic carbocycles. The Kier molecular flexibility index (Phi) is 6.47. The number of nitrogens with one attached hydrogen (secondary N) is 1. The van der Waals surface area contributed by atoms with Gasteiger partial charge in [-0.1, -0.05) is 41.9 Å². The summed E-state index contributed by atoms with van der Waals surface area (Å²) in [6.07, 6.45) is 2.21. The molecule has 2 heterocycles. The van der Waals surface area contributed by atoms with Crippen LogP contribution in [0.4, 0.5) is 5.69 Å². The molecule has 1 aromatic heterocycles. The van der Waals surface area contributed by atoms with Crippen LogP contribution < -0.4 is 5.01 Å². The van der Waals surface area contributed by atoms with E-state index in [1.54, 1.807) is 26.0 Å². The lowest BCUT2D eigenvalue weighted by Gasteiger charge is -2.11. The quantitative estimate of drug-likeness (QED) is 0.386. The fraction of sp³-hybridized carbons (Fsp3) is 0.192. The predicted octanol–water partition coefficient (Wildman–Crippen LogP) is 5.55. The maximum Gasteiger partial charge on any atom is 0.340 e. The van der Waals surface area contributed by atoms with Gasteiger partial charge in [0.2, 0.25) is 0 Å². The van der Waals surface area contributed by atoms with Crippen LogP contribution in [0.15, 0.2) is 65.3 Å². The highest BCUT2D eigenvalue weighted by atomic mass is 35.5. The number of H-pyrrole nitrogens is 1. The number of hydrazone groups is 1. The van der Waals surface area contributed by atoms with Gasteiger partial charge >= 0.3 is 5.97 Å². The number of ether oxygens (including phenoxy) is 1. The third kappa shape index (κ3) is 4.61. The van der Waals surface area contributed by atoms with Crippen LogP contribution >= 0.6 is 11.6 Å². The van der Waals surface area contributed by atoms with Crippen LogP contribution in [0, 0.1) is 6.92 Å². The molecule has 1 aliphatic rings. The maximum atomic E-state index is 13.2. The van der Waals surface area contributed by atoms with Gasteiger partial charge in [0.15, 0.2) is 0 Å². The largest absolute Gasteiger partial charge is 0.462 e. The third-order valence-corrected chi connectivity index (χ3v) is 5.66. The van der Waals surface area contributed by atoms with Crippen molar-refractivity contribution in [2.75, 3.05) is 11.6 Å². The predicted molar refractivity (Wildman–Crippen MR) is 131 cm³/mol. The first kappa shape index (κ1) is 22.6. The van der Waals surface area contributed by atoms with Crippen molar-refractivity contribution >= 4 is 41.0 Å². The number of benzene rings is 2. The smallest absolute Gasteiger partial charge is 0.340 e. The van der Waals surface area contributed by atoms with E-state index in [9.17, 15) is 9.59 Å². The van der Waals surface area contributed by atoms with Crippen molar-refractivity contribution in [2.45, 2.75) is 27.2 Å². The van der Waals surface area contributed by atoms with Gasteiger partial charge in [-0.25, -0.2) is 4.79 Å². The molecule has 0 fully saturated rings. The zero-order chi connectivity index (χ0) is 23.5. The van der Waals surface area contributed by atoms with Crippen molar-refractivity contribution in [3.05, 3.63) is 93.3 Å². The van der Waals surface area contributed by atoms with Crippen LogP contribution in [0.5, 0.6) is 0 Å². The number of aromatic nitrogens is 1. The molecule has 0 saturated carbocycles. The monoisotopic (exact) mass is 461 g/mol. The standard InChI is InChI=1S/C26H24ClN3O3/c1-4-33-26(32)24-17(3)28-23(22(24)14-18-9-8-10-19(27)13-18)15-21-16(2)29-30(25(21)31)20-11-6-5-7-12-20/h5-13,15,28H,4,14H2,1-3H3. The van der Waals surface area contributed by atoms with E-state index in [1.807, 2.05) is 55.5 Å². The van der Waals surface area contributed by atoms with Crippen LogP contribution in [0.25, 0.3) is 6.08 Å². The molecule has 0 aliphatic carbocycles. The third-order valence-electron chi connectivity index (χ3n) is 5.43. The second-order valence-corrected chi connectivity index (χ2v) is 8.18. The molecule has 168 valence electrons. The Balaban J connectivity index is 1.78. The second-order valence-electron chi connectivity index (χ2n) is 7.74. The molecular weight excluding hydrogens is 438 g/mol. The lowest BCUT2D eigenvalue weighted by Crippen LogP contribution is -2.21. The molecule has 4 rings (SSSR count). The normalized spacial score (nSPS) is 14.7. The minimum absolute atomic E-state index is 0.225. The average molecular weight is 462 g/mol. The topological polar surface area (TPSA) is 74.8 Å². The molecule has 0 unspecified atom stereocenters. The van der Waals surface area contributed by atoms with Gasteiger partial charge < -0.3 is 9.72 Å². The van der Waals surface area contributed by atoms with Gasteiger partial charge in [0.05, 0.1) is 29.1 Å². The van der Waals surface area contributed by atoms with E-state index in [0.29, 0.717) is 45.4 Å². The van der Waals surface area contributed by atoms with E-state index in [1.165, 1.54) is 5.01 Å². The summed E-state index contributed by atoms with van der Waals surface area (Å²) >= 11 is 6.18. The summed E-state index contributed by atoms with van der Waals surface area (Å²) in [4.78, 5) is 29.2. The molecular formula is C26H24ClN3O3. The van der Waals surface area contributed by atoms with Crippen molar-refractivity contribution in [3.8, 4) is 0 Å². The molecule has 1 amide bonds. The number of nitrogens with zero attached hydrogens (tertiary/aromatic N) is 2. The Bertz CT molecular complexity index is 1280. The van der Waals surface area contributed by atoms with E-state index in [4.69, 9.17) is 16.3 Å². The number of halogens is 1. The Hall–Kier alpha value is -3.64. The summed E-state index contributed by atoms with van der Waals surface area (Å²) in [5, 5.41) is 6.45. The fourth-order valence-corrected chi connectivity index (χ4v) is 4.12. The number of amides is 1. The lowest BCUT2D eigenvalue weighted by atomic mass is 9.98. The van der Waals surface area contributed by atoms with Gasteiger partial charge in [0.25, 0.3) is 5.91 Å². The first-order valence-corrected chi connectivity index (χ1v) is 11.1. The highest BCUT2D eigenvalue weighted by molar-refractivity contribution is 6.32. The summed E-state index contributed by atoms with van der Waals surface area (Å²) in [5.74, 6) is -0.626. The SMILES string of the molecule is CCOC(=O)c1c(C)[nH]c(C=C2C(=O)N(c3ccccc3)N=C2C)c1Cc1cccc(Cl)c1. The van der Waals surface area contributed by atoms with E-state index in [0.717, 1.165) is 11.1 Å². The summed E-state index contributed by atoms with van der Waals surface area (Å²) in [7, 11) is 0. The molecule has 0 bridgehead atoms. The van der Waals surface area contributed by atoms with Gasteiger partial charge in [0.1, 0.15) is 0 Å². The lowest BCUT2D eigenvalue weighted by molar-refractivity contribution is -0.114. The van der Waals surface area contributed by atoms with E-state index in [2.05, 4.69) is 10.1 Å². The second kappa shape index (κ2) is 9.46. The molecule has 0 radical (unpaired) electrons. The summed E-state index contributed by atoms with van der Waals surface area (Å²) < 4.78 is 5.31. The minimum atomic E-state index is -0.401. The number of para-hydroxylation sites is 1. The number of aromatic amines is 1. The number of carbonyl (C=O) groups excluding carboxylic acids is 2. The van der Waals surface area contributed by atoms with Gasteiger partial charge in [-0.2, -0.15) is 10.1 Å². The van der Waals surface area contributed by atoms with Gasteiger partial charge in [-0.3, -0.25) is 4.79 Å². The summed E-state index contributed by atoms with van der Waals surface area (Å²) in [6, 6.07) is 16.8. The summed E-state index contributed by atoms with van der Waals surface area (Å²) in [6.45, 7) is 5.66. The Morgan fingerprint density at radius 3 is 2.61 bits per heavy atom. The van der Waals surface area contributed by atoms with Crippen LogP contribution in [0.2, 0.25) is 5.02 Å². The Morgan fingerprint density at radius 2 is 1.91 bits per heavy atom. The van der Waals surface area contributed by atoms with Gasteiger partial charge in [-0.15, -0.1) is 0 Å². The summed E-state index contributed by atoms with van der Waals surface area (Å²) in [5.41, 5.74) is 5.27. The van der Waals surface area contributed by atoms with Crippen molar-refractivity contribution in [2.24, 2.45) is 5.10 Å². The van der Waals surface area contributed by atoms with E-state index >= 15 is 0 Å². The molecule has 0 saturated heterocycles. The maximum absolute atomic E-state index is 13.2. The Morgan fingerprint density at radius 1 is 1.15 bits per heavy atom. The molecule has 7 heteroatoms. The highest BCUT2D eigenvalue weighted by Gasteiger charge is 2.30. The number of anilines is 1. The minimum Gasteiger partial charge on any atom is -0.462 e. The highest BCUT2D eigenvalue weighted by Crippen LogP contribution is 2.29. The first-order valence-electron chi connectivity index (χ1n) is 10.7. The number of hydrogen-bond donors (Lipinski definition) is 1. The van der Waals surface area contributed by atoms with Crippen molar-refractivity contribution in [1.82, 2.24) is 4.98 Å². The molecule has 33 heavy (non-hydrogen) atoms. The van der Waals surface area contributed by atoms with Crippen LogP contribution in [0.1, 0.15) is 46.7 Å². The average Bonchev–Trinajstić information content (AvgIpc) is 3.25. The van der Waals surface area contributed by atoms with Crippen LogP contribution in [-0.4, -0.2) is 29.2 Å². The van der Waals surface area contributed by atoms with Crippen LogP contribution in [0.3, 0.4) is 0 Å². The molecule has 3 aromatic rings. The van der Waals surface area contributed by atoms with Crippen molar-refractivity contribution in [1.29, 1.82) is 0 Å². The molecule has 1 N–H and O–H groups in total. The number of carbonyl (C=O) groups is 2. The first-order chi connectivity index (χ1) is 15.9. The van der Waals surface area contributed by atoms with Gasteiger partial charge in [0, 0.05) is 22.8 Å². The molecule has 1 aliphatic heterocycles. The molecule has 0 atom stereocenters. The zero-order valence-electron chi connectivity index (χ0n) is 18.7. The molecule has 6 nitrogen and oxygen atoms in total. The van der Waals surface area contributed by atoms with Crippen LogP contribution in [-0.2, 0) is 16.0 Å². The number of rotatable bonds is 6. The Labute approximate surface area is 197 Å². The number of esters is 1. The van der Waals surface area contributed by atoms with Crippen molar-refractivity contribution in [3.63, 3.8) is 0 Å². The number of hydrogen-bond acceptors (Lipinski definition) is 4. The van der Waals surface area contributed by atoms with Gasteiger partial charge in [-0.05, 0) is 62.2 Å². The van der Waals surface area contributed by atoms with E-state index in [-0.39, 0.29) is 12.5 Å². The fourth-order valence-electron chi connectivity index (χ4n) is 3.91. The van der Waals surface area contributed by atoms with E-state index < -0.39 is 5.97 Å².